The smallest absolute Gasteiger partial charge is 0.260 e. The zero-order valence-corrected chi connectivity index (χ0v) is 19.2. The van der Waals surface area contributed by atoms with Crippen molar-refractivity contribution in [3.8, 4) is 0 Å². The van der Waals surface area contributed by atoms with Crippen LogP contribution in [0.4, 0.5) is 10.1 Å². The van der Waals surface area contributed by atoms with Gasteiger partial charge in [0, 0.05) is 36.5 Å². The highest BCUT2D eigenvalue weighted by molar-refractivity contribution is 6.32. The lowest BCUT2D eigenvalue weighted by Crippen LogP contribution is -2.32. The van der Waals surface area contributed by atoms with Crippen molar-refractivity contribution in [3.63, 3.8) is 0 Å². The molecule has 0 radical (unpaired) electrons. The van der Waals surface area contributed by atoms with E-state index in [1.807, 2.05) is 32.1 Å². The van der Waals surface area contributed by atoms with Gasteiger partial charge >= 0.3 is 0 Å². The maximum absolute atomic E-state index is 13.6. The van der Waals surface area contributed by atoms with E-state index >= 15 is 0 Å². The molecule has 176 valence electrons. The minimum Gasteiger partial charge on any atom is -0.482 e. The summed E-state index contributed by atoms with van der Waals surface area (Å²) in [4.78, 5) is 25.2. The predicted molar refractivity (Wildman–Crippen MR) is 127 cm³/mol. The lowest BCUT2D eigenvalue weighted by Gasteiger charge is -2.24. The van der Waals surface area contributed by atoms with Gasteiger partial charge in [-0.3, -0.25) is 9.59 Å². The molecule has 34 heavy (non-hydrogen) atoms. The average molecular weight is 463 g/mol. The molecule has 1 saturated heterocycles. The molecule has 0 saturated carbocycles. The van der Waals surface area contributed by atoms with Crippen LogP contribution in [0, 0.1) is 11.7 Å². The summed E-state index contributed by atoms with van der Waals surface area (Å²) in [5.74, 6) is 0.0790. The van der Waals surface area contributed by atoms with Gasteiger partial charge in [0.15, 0.2) is 0 Å². The summed E-state index contributed by atoms with van der Waals surface area (Å²) < 4.78 is 25.1. The Bertz CT molecular complexity index is 1210. The van der Waals surface area contributed by atoms with E-state index in [4.69, 9.17) is 9.47 Å². The first-order valence-corrected chi connectivity index (χ1v) is 11.5. The van der Waals surface area contributed by atoms with Crippen molar-refractivity contribution in [2.24, 2.45) is 5.92 Å². The Morgan fingerprint density at radius 2 is 1.88 bits per heavy atom. The topological polar surface area (TPSA) is 76.7 Å². The molecule has 2 amide bonds. The fourth-order valence-corrected chi connectivity index (χ4v) is 4.70. The molecule has 2 aromatic carbocycles. The van der Waals surface area contributed by atoms with Crippen molar-refractivity contribution < 1.29 is 23.5 Å². The van der Waals surface area contributed by atoms with Gasteiger partial charge in [-0.15, -0.1) is 0 Å². The van der Waals surface area contributed by atoms with Crippen molar-refractivity contribution in [2.45, 2.75) is 32.3 Å². The third-order valence-electron chi connectivity index (χ3n) is 6.61. The Labute approximate surface area is 197 Å². The van der Waals surface area contributed by atoms with Crippen LogP contribution in [-0.2, 0) is 14.3 Å². The Morgan fingerprint density at radius 3 is 2.62 bits per heavy atom. The molecule has 0 spiro atoms. The zero-order valence-electron chi connectivity index (χ0n) is 19.2. The normalized spacial score (nSPS) is 21.5. The number of carbonyl (C=O) groups excluding carboxylic acids is 2. The van der Waals surface area contributed by atoms with Crippen LogP contribution in [0.5, 0.6) is 0 Å². The van der Waals surface area contributed by atoms with E-state index in [-0.39, 0.29) is 11.8 Å². The number of carbonyl (C=O) groups is 2. The lowest BCUT2D eigenvalue weighted by atomic mass is 9.91. The number of halogens is 1. The van der Waals surface area contributed by atoms with E-state index in [9.17, 15) is 14.0 Å². The van der Waals surface area contributed by atoms with Crippen LogP contribution in [0.2, 0.25) is 0 Å². The summed E-state index contributed by atoms with van der Waals surface area (Å²) in [5, 5.41) is 5.73. The lowest BCUT2D eigenvalue weighted by molar-refractivity contribution is -0.111. The number of nitrogens with one attached hydrogen (secondary N) is 2. The highest BCUT2D eigenvalue weighted by Crippen LogP contribution is 2.44. The van der Waals surface area contributed by atoms with Gasteiger partial charge < -0.3 is 20.1 Å². The number of amides is 2. The first-order valence-electron chi connectivity index (χ1n) is 11.5. The molecule has 0 unspecified atom stereocenters. The summed E-state index contributed by atoms with van der Waals surface area (Å²) in [7, 11) is 0. The predicted octanol–water partition coefficient (Wildman–Crippen LogP) is 4.54. The van der Waals surface area contributed by atoms with E-state index in [0.29, 0.717) is 40.6 Å². The maximum atomic E-state index is 13.6. The van der Waals surface area contributed by atoms with Crippen LogP contribution >= 0.6 is 0 Å². The summed E-state index contributed by atoms with van der Waals surface area (Å²) in [6, 6.07) is 11.6. The Kier molecular flexibility index (Phi) is 5.73. The van der Waals surface area contributed by atoms with Crippen LogP contribution in [0.1, 0.15) is 48.2 Å². The van der Waals surface area contributed by atoms with Crippen LogP contribution in [-0.4, -0.2) is 37.2 Å². The van der Waals surface area contributed by atoms with Crippen LogP contribution in [0.15, 0.2) is 54.3 Å². The molecule has 6 nitrogen and oxygen atoms in total. The molecule has 0 atom stereocenters. The Morgan fingerprint density at radius 1 is 1.15 bits per heavy atom. The fraction of sp³-hybridized carbons (Fsp3) is 0.333. The number of hydrogen-bond donors (Lipinski definition) is 2. The molecule has 7 heteroatoms. The van der Waals surface area contributed by atoms with E-state index in [1.165, 1.54) is 12.1 Å². The zero-order chi connectivity index (χ0) is 23.9. The van der Waals surface area contributed by atoms with Crippen LogP contribution < -0.4 is 10.6 Å². The van der Waals surface area contributed by atoms with Crippen molar-refractivity contribution in [1.29, 1.82) is 0 Å². The highest BCUT2D eigenvalue weighted by atomic mass is 19.1. The second kappa shape index (κ2) is 8.72. The van der Waals surface area contributed by atoms with Gasteiger partial charge in [0.2, 0.25) is 0 Å². The second-order valence-corrected chi connectivity index (χ2v) is 9.40. The van der Waals surface area contributed by atoms with E-state index in [2.05, 4.69) is 10.6 Å². The van der Waals surface area contributed by atoms with Gasteiger partial charge in [-0.25, -0.2) is 4.39 Å². The minimum absolute atomic E-state index is 0.0942. The van der Waals surface area contributed by atoms with Gasteiger partial charge in [-0.2, -0.15) is 0 Å². The Hall–Kier alpha value is -3.45. The molecule has 0 aliphatic carbocycles. The summed E-state index contributed by atoms with van der Waals surface area (Å²) in [6.07, 6.45) is 3.79. The monoisotopic (exact) mass is 462 g/mol. The third kappa shape index (κ3) is 4.23. The maximum Gasteiger partial charge on any atom is 0.260 e. The van der Waals surface area contributed by atoms with E-state index < -0.39 is 11.4 Å². The first kappa shape index (κ1) is 22.3. The molecule has 3 aliphatic rings. The molecule has 3 aliphatic heterocycles. The number of rotatable bonds is 4. The number of anilines is 1. The standard InChI is InChI=1S/C27H27FN2O4/c1-27(2)21(14-23(34-27)24-20-8-7-19(28)13-22(20)30-26(24)32)17-3-5-18(6-4-17)25(31)29-15-16-9-11-33-12-10-16/h3-8,13-14,16H,9-12,15H2,1-2H3,(H,29,31)(H,30,32)/b24-23+. The summed E-state index contributed by atoms with van der Waals surface area (Å²) >= 11 is 0. The van der Waals surface area contributed by atoms with E-state index in [0.717, 1.165) is 37.2 Å². The van der Waals surface area contributed by atoms with Gasteiger partial charge in [-0.05, 0) is 74.6 Å². The van der Waals surface area contributed by atoms with Crippen molar-refractivity contribution in [2.75, 3.05) is 25.1 Å². The van der Waals surface area contributed by atoms with Crippen LogP contribution in [0.25, 0.3) is 11.1 Å². The quantitative estimate of drug-likeness (QED) is 0.655. The molecule has 2 N–H and O–H groups in total. The van der Waals surface area contributed by atoms with Crippen LogP contribution in [0.3, 0.4) is 0 Å². The average Bonchev–Trinajstić information content (AvgIpc) is 3.32. The molecule has 0 aromatic heterocycles. The molecule has 5 rings (SSSR count). The van der Waals surface area contributed by atoms with Gasteiger partial charge in [0.1, 0.15) is 17.2 Å². The third-order valence-corrected chi connectivity index (χ3v) is 6.61. The number of ether oxygens (including phenoxy) is 2. The van der Waals surface area contributed by atoms with Crippen molar-refractivity contribution >= 4 is 28.6 Å². The Balaban J connectivity index is 1.37. The number of fused-ring (bicyclic) bond motifs is 1. The minimum atomic E-state index is -0.682. The number of benzene rings is 2. The molecule has 1 fully saturated rings. The largest absolute Gasteiger partial charge is 0.482 e. The molecule has 3 heterocycles. The highest BCUT2D eigenvalue weighted by Gasteiger charge is 2.38. The number of allylic oxidation sites excluding steroid dienone is 1. The summed E-state index contributed by atoms with van der Waals surface area (Å²) in [5.41, 5.74) is 3.16. The SMILES string of the molecule is CC1(C)O/C(=C2/C(=O)Nc3cc(F)ccc32)C=C1c1ccc(C(=O)NCC2CCOCC2)cc1. The van der Waals surface area contributed by atoms with Crippen molar-refractivity contribution in [3.05, 3.63) is 76.8 Å². The number of hydrogen-bond acceptors (Lipinski definition) is 4. The summed E-state index contributed by atoms with van der Waals surface area (Å²) in [6.45, 7) is 6.02. The van der Waals surface area contributed by atoms with E-state index in [1.54, 1.807) is 18.2 Å². The molecular formula is C27H27FN2O4. The van der Waals surface area contributed by atoms with Gasteiger partial charge in [0.05, 0.1) is 11.3 Å². The molecular weight excluding hydrogens is 435 g/mol. The van der Waals surface area contributed by atoms with Gasteiger partial charge in [-0.1, -0.05) is 12.1 Å². The molecule has 0 bridgehead atoms. The fourth-order valence-electron chi connectivity index (χ4n) is 4.70. The van der Waals surface area contributed by atoms with Crippen molar-refractivity contribution in [1.82, 2.24) is 5.32 Å². The van der Waals surface area contributed by atoms with Gasteiger partial charge in [0.25, 0.3) is 11.8 Å². The molecule has 2 aromatic rings. The first-order chi connectivity index (χ1) is 16.3. The second-order valence-electron chi connectivity index (χ2n) is 9.40.